The number of fused-ring (bicyclic) bond motifs is 1. The summed E-state index contributed by atoms with van der Waals surface area (Å²) in [4.78, 5) is 0. The number of nitrogens with two attached hydrogens (primary N) is 1. The Morgan fingerprint density at radius 2 is 2.00 bits per heavy atom. The molecule has 19 heavy (non-hydrogen) atoms. The van der Waals surface area contributed by atoms with Gasteiger partial charge in [-0.3, -0.25) is 0 Å². The first kappa shape index (κ1) is 12.9. The van der Waals surface area contributed by atoms with Crippen LogP contribution >= 0.6 is 0 Å². The van der Waals surface area contributed by atoms with Gasteiger partial charge in [-0.2, -0.15) is 0 Å². The van der Waals surface area contributed by atoms with Crippen LogP contribution in [0.2, 0.25) is 0 Å². The minimum Gasteiger partial charge on any atom is -0.497 e. The molecule has 2 fully saturated rings. The number of piperidine rings is 1. The molecule has 1 saturated carbocycles. The van der Waals surface area contributed by atoms with Gasteiger partial charge in [-0.1, -0.05) is 12.8 Å². The SMILES string of the molecule is COc1ccc([C@@H]2[NH2+]CC[C@@]3(O)CCCC[C@@H]23)cc1. The molecule has 1 aliphatic carbocycles. The molecule has 3 nitrogen and oxygen atoms in total. The summed E-state index contributed by atoms with van der Waals surface area (Å²) in [5.74, 6) is 1.31. The molecule has 0 bridgehead atoms. The molecule has 0 unspecified atom stereocenters. The second kappa shape index (κ2) is 5.14. The van der Waals surface area contributed by atoms with Crippen LogP contribution in [0.1, 0.15) is 43.7 Å². The molecule has 1 saturated heterocycles. The smallest absolute Gasteiger partial charge is 0.118 e. The van der Waals surface area contributed by atoms with Crippen LogP contribution in [0, 0.1) is 5.92 Å². The van der Waals surface area contributed by atoms with E-state index in [-0.39, 0.29) is 0 Å². The van der Waals surface area contributed by atoms with E-state index < -0.39 is 5.60 Å². The van der Waals surface area contributed by atoms with E-state index in [9.17, 15) is 5.11 Å². The topological polar surface area (TPSA) is 46.1 Å². The van der Waals surface area contributed by atoms with Crippen LogP contribution in [0.25, 0.3) is 0 Å². The molecule has 0 spiro atoms. The molecule has 3 atom stereocenters. The fourth-order valence-corrected chi connectivity index (χ4v) is 3.95. The number of quaternary nitrogens is 1. The molecule has 1 aromatic carbocycles. The zero-order chi connectivity index (χ0) is 13.3. The van der Waals surface area contributed by atoms with Gasteiger partial charge in [0, 0.05) is 17.9 Å². The summed E-state index contributed by atoms with van der Waals surface area (Å²) >= 11 is 0. The number of ether oxygens (including phenoxy) is 1. The van der Waals surface area contributed by atoms with Gasteiger partial charge in [-0.15, -0.1) is 0 Å². The Morgan fingerprint density at radius 1 is 1.21 bits per heavy atom. The monoisotopic (exact) mass is 262 g/mol. The van der Waals surface area contributed by atoms with Crippen molar-refractivity contribution in [3.63, 3.8) is 0 Å². The third-order valence-corrected chi connectivity index (χ3v) is 5.00. The minimum absolute atomic E-state index is 0.406. The highest BCUT2D eigenvalue weighted by Gasteiger charge is 2.48. The van der Waals surface area contributed by atoms with Gasteiger partial charge in [0.2, 0.25) is 0 Å². The molecule has 2 aliphatic rings. The lowest BCUT2D eigenvalue weighted by Crippen LogP contribution is -2.91. The first-order valence-electron chi connectivity index (χ1n) is 7.42. The number of hydrogen-bond acceptors (Lipinski definition) is 2. The fourth-order valence-electron chi connectivity index (χ4n) is 3.95. The van der Waals surface area contributed by atoms with Crippen LogP contribution in [0.3, 0.4) is 0 Å². The average Bonchev–Trinajstić information content (AvgIpc) is 2.46. The van der Waals surface area contributed by atoms with E-state index in [2.05, 4.69) is 17.4 Å². The van der Waals surface area contributed by atoms with Gasteiger partial charge in [0.15, 0.2) is 0 Å². The van der Waals surface area contributed by atoms with Gasteiger partial charge in [0.25, 0.3) is 0 Å². The molecule has 1 heterocycles. The Bertz CT molecular complexity index is 427. The van der Waals surface area contributed by atoms with Crippen LogP contribution in [0.15, 0.2) is 24.3 Å². The first-order chi connectivity index (χ1) is 9.23. The molecule has 0 radical (unpaired) electrons. The van der Waals surface area contributed by atoms with Crippen LogP contribution in [0.4, 0.5) is 0 Å². The van der Waals surface area contributed by atoms with Crippen molar-refractivity contribution in [3.05, 3.63) is 29.8 Å². The minimum atomic E-state index is -0.419. The second-order valence-electron chi connectivity index (χ2n) is 6.03. The average molecular weight is 262 g/mol. The Morgan fingerprint density at radius 3 is 2.74 bits per heavy atom. The summed E-state index contributed by atoms with van der Waals surface area (Å²) in [6.07, 6.45) is 5.53. The van der Waals surface area contributed by atoms with Crippen LogP contribution in [-0.2, 0) is 0 Å². The Kier molecular flexibility index (Phi) is 3.50. The summed E-state index contributed by atoms with van der Waals surface area (Å²) in [5, 5.41) is 13.3. The van der Waals surface area contributed by atoms with Crippen molar-refractivity contribution >= 4 is 0 Å². The normalized spacial score (nSPS) is 34.6. The summed E-state index contributed by atoms with van der Waals surface area (Å²) in [7, 11) is 1.70. The van der Waals surface area contributed by atoms with Crippen LogP contribution < -0.4 is 10.1 Å². The summed E-state index contributed by atoms with van der Waals surface area (Å²) in [6.45, 7) is 1.03. The van der Waals surface area contributed by atoms with Crippen molar-refractivity contribution in [1.29, 1.82) is 0 Å². The van der Waals surface area contributed by atoms with Gasteiger partial charge >= 0.3 is 0 Å². The number of hydrogen-bond donors (Lipinski definition) is 2. The highest BCUT2D eigenvalue weighted by atomic mass is 16.5. The largest absolute Gasteiger partial charge is 0.497 e. The van der Waals surface area contributed by atoms with Crippen molar-refractivity contribution in [1.82, 2.24) is 0 Å². The second-order valence-corrected chi connectivity index (χ2v) is 6.03. The van der Waals surface area contributed by atoms with Gasteiger partial charge in [-0.05, 0) is 37.1 Å². The van der Waals surface area contributed by atoms with E-state index in [1.165, 1.54) is 18.4 Å². The molecule has 1 aliphatic heterocycles. The summed E-state index contributed by atoms with van der Waals surface area (Å²) in [5.41, 5.74) is 0.906. The summed E-state index contributed by atoms with van der Waals surface area (Å²) < 4.78 is 5.22. The molecule has 3 heteroatoms. The summed E-state index contributed by atoms with van der Waals surface area (Å²) in [6, 6.07) is 8.77. The lowest BCUT2D eigenvalue weighted by Gasteiger charge is -2.46. The first-order valence-corrected chi connectivity index (χ1v) is 7.42. The number of aliphatic hydroxyl groups is 1. The third kappa shape index (κ3) is 2.37. The molecule has 3 rings (SSSR count). The van der Waals surface area contributed by atoms with E-state index in [0.717, 1.165) is 31.6 Å². The lowest BCUT2D eigenvalue weighted by molar-refractivity contribution is -0.719. The maximum Gasteiger partial charge on any atom is 0.118 e. The molecule has 0 aromatic heterocycles. The molecular formula is C16H24NO2+. The van der Waals surface area contributed by atoms with Crippen molar-refractivity contribution in [2.45, 2.75) is 43.7 Å². The maximum atomic E-state index is 10.9. The van der Waals surface area contributed by atoms with Crippen LogP contribution in [-0.4, -0.2) is 24.4 Å². The quantitative estimate of drug-likeness (QED) is 0.851. The predicted octanol–water partition coefficient (Wildman–Crippen LogP) is 1.62. The Labute approximate surface area is 115 Å². The maximum absolute atomic E-state index is 10.9. The van der Waals surface area contributed by atoms with Gasteiger partial charge in [0.05, 0.1) is 19.3 Å². The lowest BCUT2D eigenvalue weighted by atomic mass is 9.67. The highest BCUT2D eigenvalue weighted by Crippen LogP contribution is 2.43. The van der Waals surface area contributed by atoms with E-state index in [4.69, 9.17) is 4.74 Å². The van der Waals surface area contributed by atoms with E-state index in [1.54, 1.807) is 7.11 Å². The molecular weight excluding hydrogens is 238 g/mol. The van der Waals surface area contributed by atoms with Gasteiger partial charge in [-0.25, -0.2) is 0 Å². The van der Waals surface area contributed by atoms with Gasteiger partial charge < -0.3 is 15.2 Å². The van der Waals surface area contributed by atoms with E-state index in [1.807, 2.05) is 12.1 Å². The van der Waals surface area contributed by atoms with Crippen molar-refractivity contribution < 1.29 is 15.2 Å². The van der Waals surface area contributed by atoms with E-state index in [0.29, 0.717) is 12.0 Å². The molecule has 104 valence electrons. The van der Waals surface area contributed by atoms with Crippen molar-refractivity contribution in [3.8, 4) is 5.75 Å². The number of benzene rings is 1. The predicted molar refractivity (Wildman–Crippen MR) is 74.1 cm³/mol. The zero-order valence-electron chi connectivity index (χ0n) is 11.6. The van der Waals surface area contributed by atoms with Crippen molar-refractivity contribution in [2.24, 2.45) is 5.92 Å². The highest BCUT2D eigenvalue weighted by molar-refractivity contribution is 5.29. The van der Waals surface area contributed by atoms with E-state index >= 15 is 0 Å². The van der Waals surface area contributed by atoms with Crippen LogP contribution in [0.5, 0.6) is 5.75 Å². The molecule has 3 N–H and O–H groups in total. The number of methoxy groups -OCH3 is 1. The molecule has 1 aromatic rings. The zero-order valence-corrected chi connectivity index (χ0v) is 11.6. The third-order valence-electron chi connectivity index (χ3n) is 5.00. The molecule has 0 amide bonds. The number of rotatable bonds is 2. The van der Waals surface area contributed by atoms with Crippen molar-refractivity contribution in [2.75, 3.05) is 13.7 Å². The fraction of sp³-hybridized carbons (Fsp3) is 0.625. The Balaban J connectivity index is 1.85. The standard InChI is InChI=1S/C16H23NO2/c1-19-13-7-5-12(6-8-13)15-14-4-2-3-9-16(14,18)10-11-17-15/h5-8,14-15,17-18H,2-4,9-11H2,1H3/p+1/t14-,15-,16-/m0/s1. The Hall–Kier alpha value is -1.06. The van der Waals surface area contributed by atoms with Gasteiger partial charge in [0.1, 0.15) is 11.8 Å².